The first-order valence-corrected chi connectivity index (χ1v) is 8.09. The van der Waals surface area contributed by atoms with E-state index in [4.69, 9.17) is 0 Å². The van der Waals surface area contributed by atoms with E-state index in [0.717, 1.165) is 32.0 Å². The van der Waals surface area contributed by atoms with E-state index in [1.807, 2.05) is 13.8 Å². The third-order valence-electron chi connectivity index (χ3n) is 5.25. The Morgan fingerprint density at radius 2 is 1.81 bits per heavy atom. The fourth-order valence-electron chi connectivity index (χ4n) is 2.99. The number of nitrogens with one attached hydrogen (secondary N) is 1. The normalized spacial score (nSPS) is 23.8. The van der Waals surface area contributed by atoms with E-state index in [2.05, 4.69) is 10.2 Å². The highest BCUT2D eigenvalue weighted by Gasteiger charge is 2.39. The van der Waals surface area contributed by atoms with Crippen LogP contribution < -0.4 is 5.32 Å². The molecule has 0 aromatic carbocycles. The van der Waals surface area contributed by atoms with Crippen molar-refractivity contribution in [1.29, 1.82) is 0 Å². The van der Waals surface area contributed by atoms with Crippen molar-refractivity contribution in [2.75, 3.05) is 13.1 Å². The quantitative estimate of drug-likeness (QED) is 0.785. The number of carbonyl (C=O) groups excluding carboxylic acids is 1. The van der Waals surface area contributed by atoms with E-state index in [1.165, 1.54) is 12.8 Å². The molecule has 2 N–H and O–H groups in total. The molecule has 120 valence electrons. The van der Waals surface area contributed by atoms with Crippen LogP contribution in [0, 0.1) is 11.3 Å². The largest absolute Gasteiger partial charge is 0.481 e. The molecule has 0 spiro atoms. The van der Waals surface area contributed by atoms with E-state index in [-0.39, 0.29) is 24.3 Å². The predicted molar refractivity (Wildman–Crippen MR) is 81.0 cm³/mol. The molecule has 1 saturated carbocycles. The number of hydrogen-bond acceptors (Lipinski definition) is 3. The summed E-state index contributed by atoms with van der Waals surface area (Å²) in [4.78, 5) is 26.1. The topological polar surface area (TPSA) is 69.6 Å². The highest BCUT2D eigenvalue weighted by atomic mass is 16.4. The number of carboxylic acid groups (broad SMARTS) is 1. The van der Waals surface area contributed by atoms with E-state index in [1.54, 1.807) is 6.92 Å². The smallest absolute Gasteiger partial charge is 0.310 e. The molecular formula is C16H28N2O3. The van der Waals surface area contributed by atoms with Crippen molar-refractivity contribution in [3.63, 3.8) is 0 Å². The van der Waals surface area contributed by atoms with Gasteiger partial charge in [-0.3, -0.25) is 9.59 Å². The highest BCUT2D eigenvalue weighted by Crippen LogP contribution is 2.32. The Morgan fingerprint density at radius 3 is 2.24 bits per heavy atom. The maximum Gasteiger partial charge on any atom is 0.310 e. The number of carboxylic acids is 1. The number of carbonyl (C=O) groups is 2. The molecule has 1 saturated heterocycles. The van der Waals surface area contributed by atoms with Crippen molar-refractivity contribution >= 4 is 11.9 Å². The molecule has 1 amide bonds. The second-order valence-electron chi connectivity index (χ2n) is 7.16. The van der Waals surface area contributed by atoms with Crippen LogP contribution in [0.2, 0.25) is 0 Å². The van der Waals surface area contributed by atoms with Crippen molar-refractivity contribution < 1.29 is 14.7 Å². The zero-order valence-electron chi connectivity index (χ0n) is 13.4. The summed E-state index contributed by atoms with van der Waals surface area (Å²) in [5, 5.41) is 12.4. The maximum absolute atomic E-state index is 12.2. The van der Waals surface area contributed by atoms with Crippen LogP contribution in [0.3, 0.4) is 0 Å². The predicted octanol–water partition coefficient (Wildman–Crippen LogP) is 1.87. The van der Waals surface area contributed by atoms with Gasteiger partial charge in [-0.15, -0.1) is 0 Å². The lowest BCUT2D eigenvalue weighted by Crippen LogP contribution is -2.47. The summed E-state index contributed by atoms with van der Waals surface area (Å²) >= 11 is 0. The Hall–Kier alpha value is -1.10. The Labute approximate surface area is 127 Å². The Kier molecular flexibility index (Phi) is 4.91. The van der Waals surface area contributed by atoms with Gasteiger partial charge in [0.05, 0.1) is 5.41 Å². The number of amides is 1. The summed E-state index contributed by atoms with van der Waals surface area (Å²) < 4.78 is 0. The van der Waals surface area contributed by atoms with Crippen LogP contribution in [0.15, 0.2) is 0 Å². The van der Waals surface area contributed by atoms with Gasteiger partial charge in [0.15, 0.2) is 0 Å². The first-order valence-electron chi connectivity index (χ1n) is 8.09. The minimum atomic E-state index is -0.987. The molecule has 1 heterocycles. The molecule has 1 unspecified atom stereocenters. The minimum Gasteiger partial charge on any atom is -0.481 e. The van der Waals surface area contributed by atoms with E-state index in [0.29, 0.717) is 0 Å². The zero-order chi connectivity index (χ0) is 15.6. The summed E-state index contributed by atoms with van der Waals surface area (Å²) in [5.41, 5.74) is -0.987. The van der Waals surface area contributed by atoms with Crippen molar-refractivity contribution in [3.8, 4) is 0 Å². The van der Waals surface area contributed by atoms with Crippen LogP contribution in [0.1, 0.15) is 52.9 Å². The molecule has 2 aliphatic rings. The van der Waals surface area contributed by atoms with E-state index < -0.39 is 11.4 Å². The van der Waals surface area contributed by atoms with Gasteiger partial charge >= 0.3 is 5.97 Å². The fraction of sp³-hybridized carbons (Fsp3) is 0.875. The van der Waals surface area contributed by atoms with Gasteiger partial charge in [0, 0.05) is 31.6 Å². The number of likely N-dealkylation sites (tertiary alicyclic amines) is 1. The molecule has 1 aliphatic carbocycles. The van der Waals surface area contributed by atoms with Gasteiger partial charge in [0.1, 0.15) is 0 Å². The van der Waals surface area contributed by atoms with Crippen LogP contribution in [0.4, 0.5) is 0 Å². The van der Waals surface area contributed by atoms with E-state index >= 15 is 0 Å². The lowest BCUT2D eigenvalue weighted by Gasteiger charge is -2.33. The molecule has 2 rings (SSSR count). The third-order valence-corrected chi connectivity index (χ3v) is 5.25. The van der Waals surface area contributed by atoms with Gasteiger partial charge in [-0.05, 0) is 38.5 Å². The van der Waals surface area contributed by atoms with Gasteiger partial charge in [-0.25, -0.2) is 0 Å². The van der Waals surface area contributed by atoms with E-state index in [9.17, 15) is 14.7 Å². The molecule has 5 heteroatoms. The maximum atomic E-state index is 12.2. The van der Waals surface area contributed by atoms with Crippen LogP contribution in [0.5, 0.6) is 0 Å². The van der Waals surface area contributed by atoms with Gasteiger partial charge in [-0.2, -0.15) is 0 Å². The highest BCUT2D eigenvalue weighted by molar-refractivity contribution is 5.85. The van der Waals surface area contributed by atoms with Crippen LogP contribution in [-0.4, -0.2) is 47.1 Å². The Morgan fingerprint density at radius 1 is 1.24 bits per heavy atom. The molecule has 1 atom stereocenters. The minimum absolute atomic E-state index is 0.0584. The first kappa shape index (κ1) is 16.3. The molecule has 1 aliphatic heterocycles. The molecule has 0 bridgehead atoms. The SMILES string of the molecule is CC(C)C(C)(CC(=O)NC1CCN(C2CC2)CC1)C(=O)O. The fourth-order valence-corrected chi connectivity index (χ4v) is 2.99. The monoisotopic (exact) mass is 296 g/mol. The van der Waals surface area contributed by atoms with Gasteiger partial charge in [-0.1, -0.05) is 13.8 Å². The first-order chi connectivity index (χ1) is 9.83. The molecule has 21 heavy (non-hydrogen) atoms. The lowest BCUT2D eigenvalue weighted by molar-refractivity contribution is -0.153. The van der Waals surface area contributed by atoms with Gasteiger partial charge < -0.3 is 15.3 Å². The standard InChI is InChI=1S/C16H28N2O3/c1-11(2)16(3,15(20)21)10-14(19)17-12-6-8-18(9-7-12)13-4-5-13/h11-13H,4-10H2,1-3H3,(H,17,19)(H,20,21). The summed E-state index contributed by atoms with van der Waals surface area (Å²) in [6.07, 6.45) is 4.66. The number of hydrogen-bond donors (Lipinski definition) is 2. The summed E-state index contributed by atoms with van der Waals surface area (Å²) in [6.45, 7) is 7.48. The number of rotatable bonds is 6. The lowest BCUT2D eigenvalue weighted by atomic mass is 9.76. The molecule has 0 radical (unpaired) electrons. The molecular weight excluding hydrogens is 268 g/mol. The van der Waals surface area contributed by atoms with Crippen LogP contribution >= 0.6 is 0 Å². The zero-order valence-corrected chi connectivity index (χ0v) is 13.4. The van der Waals surface area contributed by atoms with Gasteiger partial charge in [0.2, 0.25) is 5.91 Å². The number of piperidine rings is 1. The number of nitrogens with zero attached hydrogens (tertiary/aromatic N) is 1. The van der Waals surface area contributed by atoms with Crippen molar-refractivity contribution in [2.24, 2.45) is 11.3 Å². The second-order valence-corrected chi connectivity index (χ2v) is 7.16. The Bertz CT molecular complexity index is 398. The molecule has 0 aromatic rings. The summed E-state index contributed by atoms with van der Waals surface area (Å²) in [7, 11) is 0. The number of aliphatic carboxylic acids is 1. The second kappa shape index (κ2) is 6.34. The van der Waals surface area contributed by atoms with Crippen molar-refractivity contribution in [1.82, 2.24) is 10.2 Å². The van der Waals surface area contributed by atoms with Crippen molar-refractivity contribution in [2.45, 2.75) is 65.0 Å². The Balaban J connectivity index is 1.80. The average Bonchev–Trinajstić information content (AvgIpc) is 3.23. The van der Waals surface area contributed by atoms with Gasteiger partial charge in [0.25, 0.3) is 0 Å². The molecule has 5 nitrogen and oxygen atoms in total. The summed E-state index contributed by atoms with van der Waals surface area (Å²) in [6, 6.07) is 0.996. The summed E-state index contributed by atoms with van der Waals surface area (Å²) in [5.74, 6) is -1.09. The van der Waals surface area contributed by atoms with Crippen LogP contribution in [0.25, 0.3) is 0 Å². The van der Waals surface area contributed by atoms with Crippen LogP contribution in [-0.2, 0) is 9.59 Å². The molecule has 2 fully saturated rings. The van der Waals surface area contributed by atoms with Crippen molar-refractivity contribution in [3.05, 3.63) is 0 Å². The average molecular weight is 296 g/mol. The third kappa shape index (κ3) is 3.96. The molecule has 0 aromatic heterocycles.